The monoisotopic (exact) mass is 198 g/mol. The Morgan fingerprint density at radius 3 is 2.85 bits per heavy atom. The van der Waals surface area contributed by atoms with Crippen LogP contribution in [-0.4, -0.2) is 9.97 Å². The zero-order valence-electron chi connectivity index (χ0n) is 6.34. The highest BCUT2D eigenvalue weighted by atomic mass is 32.1. The minimum Gasteiger partial charge on any atom is -0.343 e. The third-order valence-electron chi connectivity index (χ3n) is 1.68. The molecule has 13 heavy (non-hydrogen) atoms. The van der Waals surface area contributed by atoms with Gasteiger partial charge in [0.15, 0.2) is 0 Å². The van der Waals surface area contributed by atoms with Gasteiger partial charge in [0, 0.05) is 11.5 Å². The topological polar surface area (TPSA) is 28.7 Å². The SMILES string of the molecule is Fc1cc(F)c2[nH]cnc(=S)c2c1. The number of hydrogen-bond acceptors (Lipinski definition) is 2. The molecule has 0 radical (unpaired) electrons. The first-order valence-electron chi connectivity index (χ1n) is 3.51. The number of hydrogen-bond donors (Lipinski definition) is 1. The molecular formula is C8H4F2N2S. The van der Waals surface area contributed by atoms with Crippen LogP contribution < -0.4 is 0 Å². The van der Waals surface area contributed by atoms with Gasteiger partial charge in [0.05, 0.1) is 11.8 Å². The fraction of sp³-hybridized carbons (Fsp3) is 0. The van der Waals surface area contributed by atoms with E-state index in [1.54, 1.807) is 0 Å². The van der Waals surface area contributed by atoms with E-state index in [0.29, 0.717) is 0 Å². The fourth-order valence-corrected chi connectivity index (χ4v) is 1.33. The molecule has 0 bridgehead atoms. The van der Waals surface area contributed by atoms with Crippen molar-refractivity contribution in [2.24, 2.45) is 0 Å². The van der Waals surface area contributed by atoms with Gasteiger partial charge in [-0.3, -0.25) is 0 Å². The van der Waals surface area contributed by atoms with Gasteiger partial charge in [-0.1, -0.05) is 12.2 Å². The highest BCUT2D eigenvalue weighted by molar-refractivity contribution is 7.71. The van der Waals surface area contributed by atoms with Gasteiger partial charge in [-0.2, -0.15) is 0 Å². The summed E-state index contributed by atoms with van der Waals surface area (Å²) in [6.07, 6.45) is 1.28. The highest BCUT2D eigenvalue weighted by Gasteiger charge is 2.04. The van der Waals surface area contributed by atoms with Gasteiger partial charge in [-0.05, 0) is 6.07 Å². The van der Waals surface area contributed by atoms with Crippen molar-refractivity contribution >= 4 is 23.1 Å². The van der Waals surface area contributed by atoms with Crippen LogP contribution in [0.3, 0.4) is 0 Å². The van der Waals surface area contributed by atoms with Crippen LogP contribution in [0.5, 0.6) is 0 Å². The first-order valence-corrected chi connectivity index (χ1v) is 3.92. The molecule has 1 heterocycles. The molecule has 0 unspecified atom stereocenters. The highest BCUT2D eigenvalue weighted by Crippen LogP contribution is 2.16. The zero-order valence-corrected chi connectivity index (χ0v) is 7.16. The van der Waals surface area contributed by atoms with E-state index in [4.69, 9.17) is 12.2 Å². The molecule has 0 aliphatic carbocycles. The Morgan fingerprint density at radius 2 is 2.08 bits per heavy atom. The second-order valence-corrected chi connectivity index (χ2v) is 2.90. The molecule has 0 aliphatic rings. The smallest absolute Gasteiger partial charge is 0.150 e. The summed E-state index contributed by atoms with van der Waals surface area (Å²) < 4.78 is 26.0. The number of H-pyrrole nitrogens is 1. The quantitative estimate of drug-likeness (QED) is 0.659. The summed E-state index contributed by atoms with van der Waals surface area (Å²) in [5.41, 5.74) is 0.182. The molecule has 1 aromatic heterocycles. The van der Waals surface area contributed by atoms with Gasteiger partial charge in [-0.25, -0.2) is 13.8 Å². The number of halogens is 2. The summed E-state index contributed by atoms with van der Waals surface area (Å²) in [5.74, 6) is -1.32. The number of fused-ring (bicyclic) bond motifs is 1. The van der Waals surface area contributed by atoms with Crippen molar-refractivity contribution in [3.63, 3.8) is 0 Å². The Hall–Kier alpha value is -1.36. The van der Waals surface area contributed by atoms with Crippen LogP contribution in [0.4, 0.5) is 8.78 Å². The summed E-state index contributed by atoms with van der Waals surface area (Å²) in [6, 6.07) is 1.96. The average molecular weight is 198 g/mol. The van der Waals surface area contributed by atoms with E-state index in [2.05, 4.69) is 9.97 Å². The van der Waals surface area contributed by atoms with Gasteiger partial charge in [0.2, 0.25) is 0 Å². The van der Waals surface area contributed by atoms with Crippen LogP contribution >= 0.6 is 12.2 Å². The van der Waals surface area contributed by atoms with Gasteiger partial charge >= 0.3 is 0 Å². The van der Waals surface area contributed by atoms with Gasteiger partial charge in [0.25, 0.3) is 0 Å². The molecule has 0 saturated carbocycles. The van der Waals surface area contributed by atoms with Gasteiger partial charge < -0.3 is 4.98 Å². The third kappa shape index (κ3) is 1.31. The Kier molecular flexibility index (Phi) is 1.81. The molecule has 0 spiro atoms. The Labute approximate surface area is 77.2 Å². The number of benzene rings is 1. The lowest BCUT2D eigenvalue weighted by Gasteiger charge is -1.98. The summed E-state index contributed by atoms with van der Waals surface area (Å²) in [7, 11) is 0. The molecule has 0 fully saturated rings. The van der Waals surface area contributed by atoms with E-state index in [9.17, 15) is 8.78 Å². The van der Waals surface area contributed by atoms with Gasteiger partial charge in [-0.15, -0.1) is 0 Å². The van der Waals surface area contributed by atoms with Gasteiger partial charge in [0.1, 0.15) is 16.3 Å². The van der Waals surface area contributed by atoms with Crippen molar-refractivity contribution in [2.45, 2.75) is 0 Å². The van der Waals surface area contributed by atoms with Crippen molar-refractivity contribution in [1.29, 1.82) is 0 Å². The van der Waals surface area contributed by atoms with E-state index in [0.717, 1.165) is 12.1 Å². The summed E-state index contributed by atoms with van der Waals surface area (Å²) in [6.45, 7) is 0. The van der Waals surface area contributed by atoms with Crippen LogP contribution in [0.25, 0.3) is 10.9 Å². The molecule has 2 rings (SSSR count). The lowest BCUT2D eigenvalue weighted by atomic mass is 10.2. The molecule has 0 atom stereocenters. The van der Waals surface area contributed by atoms with E-state index >= 15 is 0 Å². The summed E-state index contributed by atoms with van der Waals surface area (Å²) in [5, 5.41) is 0.287. The summed E-state index contributed by atoms with van der Waals surface area (Å²) in [4.78, 5) is 6.28. The Bertz CT molecular complexity index is 521. The van der Waals surface area contributed by atoms with Crippen molar-refractivity contribution in [3.05, 3.63) is 34.7 Å². The standard InChI is InChI=1S/C8H4F2N2S/c9-4-1-5-7(6(10)2-4)11-3-12-8(5)13/h1-3H,(H,11,12,13). The summed E-state index contributed by atoms with van der Waals surface area (Å²) >= 11 is 4.81. The molecule has 1 aromatic carbocycles. The molecular weight excluding hydrogens is 194 g/mol. The molecule has 66 valence electrons. The first-order chi connectivity index (χ1) is 6.18. The fourth-order valence-electron chi connectivity index (χ4n) is 1.11. The largest absolute Gasteiger partial charge is 0.343 e. The number of aromatic amines is 1. The Balaban J connectivity index is 3.03. The number of rotatable bonds is 0. The first kappa shape index (κ1) is 8.25. The molecule has 5 heteroatoms. The molecule has 0 amide bonds. The zero-order chi connectivity index (χ0) is 9.42. The third-order valence-corrected chi connectivity index (χ3v) is 2.00. The van der Waals surface area contributed by atoms with E-state index in [1.165, 1.54) is 6.33 Å². The minimum absolute atomic E-state index is 0.182. The van der Waals surface area contributed by atoms with E-state index in [1.807, 2.05) is 0 Å². The Morgan fingerprint density at radius 1 is 1.31 bits per heavy atom. The van der Waals surface area contributed by atoms with Crippen molar-refractivity contribution in [3.8, 4) is 0 Å². The second-order valence-electron chi connectivity index (χ2n) is 2.52. The maximum absolute atomic E-state index is 13.1. The molecule has 2 nitrogen and oxygen atoms in total. The van der Waals surface area contributed by atoms with E-state index in [-0.39, 0.29) is 15.5 Å². The maximum Gasteiger partial charge on any atom is 0.150 e. The number of aromatic nitrogens is 2. The number of nitrogens with one attached hydrogen (secondary N) is 1. The van der Waals surface area contributed by atoms with Crippen LogP contribution in [0.15, 0.2) is 18.5 Å². The van der Waals surface area contributed by atoms with Crippen LogP contribution in [0.2, 0.25) is 0 Å². The maximum atomic E-state index is 13.1. The predicted octanol–water partition coefficient (Wildman–Crippen LogP) is 2.57. The number of nitrogens with zero attached hydrogens (tertiary/aromatic N) is 1. The van der Waals surface area contributed by atoms with Crippen LogP contribution in [0.1, 0.15) is 0 Å². The molecule has 1 N–H and O–H groups in total. The average Bonchev–Trinajstić information content (AvgIpc) is 2.07. The minimum atomic E-state index is -0.663. The van der Waals surface area contributed by atoms with Crippen LogP contribution in [0, 0.1) is 16.3 Å². The van der Waals surface area contributed by atoms with Crippen LogP contribution in [-0.2, 0) is 0 Å². The molecule has 0 saturated heterocycles. The van der Waals surface area contributed by atoms with Crippen molar-refractivity contribution in [1.82, 2.24) is 9.97 Å². The van der Waals surface area contributed by atoms with Crippen molar-refractivity contribution in [2.75, 3.05) is 0 Å². The van der Waals surface area contributed by atoms with Crippen molar-refractivity contribution < 1.29 is 8.78 Å². The second kappa shape index (κ2) is 2.85. The molecule has 2 aromatic rings. The lowest BCUT2D eigenvalue weighted by Crippen LogP contribution is -1.89. The molecule has 0 aliphatic heterocycles. The predicted molar refractivity (Wildman–Crippen MR) is 46.8 cm³/mol. The lowest BCUT2D eigenvalue weighted by molar-refractivity contribution is 0.590. The normalized spacial score (nSPS) is 10.6. The van der Waals surface area contributed by atoms with E-state index < -0.39 is 11.6 Å².